The lowest BCUT2D eigenvalue weighted by molar-refractivity contribution is -0.118. The zero-order chi connectivity index (χ0) is 15.7. The summed E-state index contributed by atoms with van der Waals surface area (Å²) in [5.41, 5.74) is 1.02. The minimum absolute atomic E-state index is 0.0285. The molecule has 1 N–H and O–H groups in total. The van der Waals surface area contributed by atoms with E-state index in [4.69, 9.17) is 4.74 Å². The van der Waals surface area contributed by atoms with Crippen LogP contribution in [-0.2, 0) is 4.79 Å². The molecule has 2 aromatic rings. The first-order valence-corrected chi connectivity index (χ1v) is 8.92. The fourth-order valence-electron chi connectivity index (χ4n) is 3.39. The molecule has 0 bridgehead atoms. The molecule has 1 aliphatic carbocycles. The Labute approximate surface area is 140 Å². The van der Waals surface area contributed by atoms with Crippen molar-refractivity contribution in [3.8, 4) is 5.75 Å². The van der Waals surface area contributed by atoms with Crippen LogP contribution in [0.3, 0.4) is 0 Å². The molecule has 1 aromatic carbocycles. The normalized spacial score (nSPS) is 21.5. The summed E-state index contributed by atoms with van der Waals surface area (Å²) in [6.45, 7) is 0. The molecule has 2 heterocycles. The lowest BCUT2D eigenvalue weighted by Crippen LogP contribution is -2.49. The number of thiophene rings is 1. The number of fused-ring (bicyclic) bond motifs is 1. The van der Waals surface area contributed by atoms with E-state index in [2.05, 4.69) is 11.4 Å². The van der Waals surface area contributed by atoms with Crippen molar-refractivity contribution in [2.75, 3.05) is 0 Å². The maximum atomic E-state index is 12.3. The molecule has 1 aromatic heterocycles. The van der Waals surface area contributed by atoms with E-state index < -0.39 is 0 Å². The number of hydrogen-bond donors (Lipinski definition) is 1. The largest absolute Gasteiger partial charge is 0.487 e. The first-order chi connectivity index (χ1) is 11.2. The van der Waals surface area contributed by atoms with Gasteiger partial charge in [0.2, 0.25) is 5.91 Å². The monoisotopic (exact) mass is 325 g/mol. The summed E-state index contributed by atoms with van der Waals surface area (Å²) in [5, 5.41) is 5.17. The summed E-state index contributed by atoms with van der Waals surface area (Å²) in [4.78, 5) is 13.4. The van der Waals surface area contributed by atoms with Crippen molar-refractivity contribution in [2.45, 2.75) is 37.3 Å². The lowest BCUT2D eigenvalue weighted by Gasteiger charge is -2.47. The van der Waals surface area contributed by atoms with Crippen molar-refractivity contribution in [1.82, 2.24) is 5.32 Å². The van der Waals surface area contributed by atoms with Gasteiger partial charge in [-0.1, -0.05) is 24.3 Å². The average Bonchev–Trinajstić information content (AvgIpc) is 3.05. The second-order valence-corrected chi connectivity index (χ2v) is 7.27. The maximum Gasteiger partial charge on any atom is 0.244 e. The number of carbonyl (C=O) groups is 1. The highest BCUT2D eigenvalue weighted by Crippen LogP contribution is 2.48. The van der Waals surface area contributed by atoms with Gasteiger partial charge in [0, 0.05) is 22.9 Å². The van der Waals surface area contributed by atoms with Gasteiger partial charge in [0.1, 0.15) is 11.4 Å². The first kappa shape index (κ1) is 14.5. The summed E-state index contributed by atoms with van der Waals surface area (Å²) >= 11 is 1.63. The second kappa shape index (κ2) is 5.85. The zero-order valence-corrected chi connectivity index (χ0v) is 13.6. The van der Waals surface area contributed by atoms with Crippen molar-refractivity contribution >= 4 is 23.3 Å². The number of ether oxygens (including phenoxy) is 1. The van der Waals surface area contributed by atoms with Crippen LogP contribution < -0.4 is 10.1 Å². The molecule has 1 saturated carbocycles. The Hall–Kier alpha value is -2.07. The van der Waals surface area contributed by atoms with Crippen molar-refractivity contribution < 1.29 is 9.53 Å². The number of rotatable bonds is 3. The molecule has 1 fully saturated rings. The van der Waals surface area contributed by atoms with Crippen LogP contribution in [0.4, 0.5) is 0 Å². The highest BCUT2D eigenvalue weighted by atomic mass is 32.1. The first-order valence-electron chi connectivity index (χ1n) is 8.04. The molecule has 3 nitrogen and oxygen atoms in total. The summed E-state index contributed by atoms with van der Waals surface area (Å²) in [5.74, 6) is 0.876. The third kappa shape index (κ3) is 2.91. The molecule has 1 unspecified atom stereocenters. The topological polar surface area (TPSA) is 38.3 Å². The summed E-state index contributed by atoms with van der Waals surface area (Å²) in [7, 11) is 0. The molecule has 4 heteroatoms. The number of hydrogen-bond acceptors (Lipinski definition) is 3. The third-order valence-electron chi connectivity index (χ3n) is 4.72. The van der Waals surface area contributed by atoms with E-state index in [1.54, 1.807) is 17.4 Å². The van der Waals surface area contributed by atoms with Crippen LogP contribution in [0, 0.1) is 0 Å². The Morgan fingerprint density at radius 3 is 2.87 bits per heavy atom. The SMILES string of the molecule is O=C(C=Cc1cccs1)NC1CC2(CCC2)Oc2ccccc21. The number of carbonyl (C=O) groups excluding carboxylic acids is 1. The minimum Gasteiger partial charge on any atom is -0.487 e. The molecular weight excluding hydrogens is 306 g/mol. The molecule has 0 radical (unpaired) electrons. The average molecular weight is 325 g/mol. The van der Waals surface area contributed by atoms with Crippen LogP contribution >= 0.6 is 11.3 Å². The van der Waals surface area contributed by atoms with Gasteiger partial charge in [-0.15, -0.1) is 11.3 Å². The number of nitrogens with one attached hydrogen (secondary N) is 1. The van der Waals surface area contributed by atoms with E-state index >= 15 is 0 Å². The highest BCUT2D eigenvalue weighted by molar-refractivity contribution is 7.10. The Kier molecular flexibility index (Phi) is 3.69. The van der Waals surface area contributed by atoms with Gasteiger partial charge in [0.25, 0.3) is 0 Å². The van der Waals surface area contributed by atoms with E-state index in [0.717, 1.165) is 35.5 Å². The van der Waals surface area contributed by atoms with E-state index in [-0.39, 0.29) is 17.6 Å². The van der Waals surface area contributed by atoms with Gasteiger partial charge in [-0.05, 0) is 42.9 Å². The Bertz CT molecular complexity index is 732. The van der Waals surface area contributed by atoms with Crippen LogP contribution in [0.25, 0.3) is 6.08 Å². The molecule has 1 atom stereocenters. The van der Waals surface area contributed by atoms with Gasteiger partial charge in [-0.25, -0.2) is 0 Å². The zero-order valence-electron chi connectivity index (χ0n) is 12.8. The fourth-order valence-corrected chi connectivity index (χ4v) is 4.01. The van der Waals surface area contributed by atoms with Crippen molar-refractivity contribution in [3.63, 3.8) is 0 Å². The molecule has 2 aliphatic rings. The molecule has 1 amide bonds. The van der Waals surface area contributed by atoms with Crippen molar-refractivity contribution in [1.29, 1.82) is 0 Å². The van der Waals surface area contributed by atoms with E-state index in [9.17, 15) is 4.79 Å². The minimum atomic E-state index is -0.0657. The van der Waals surface area contributed by atoms with Crippen LogP contribution in [0.2, 0.25) is 0 Å². The molecule has 118 valence electrons. The van der Waals surface area contributed by atoms with Gasteiger partial charge in [0.05, 0.1) is 6.04 Å². The maximum absolute atomic E-state index is 12.3. The molecule has 0 saturated heterocycles. The van der Waals surface area contributed by atoms with E-state index in [1.807, 2.05) is 41.8 Å². The van der Waals surface area contributed by atoms with Gasteiger partial charge in [-0.3, -0.25) is 4.79 Å². The fraction of sp³-hybridized carbons (Fsp3) is 0.316. The van der Waals surface area contributed by atoms with Gasteiger partial charge in [0.15, 0.2) is 0 Å². The molecular formula is C19H19NO2S. The van der Waals surface area contributed by atoms with Gasteiger partial charge < -0.3 is 10.1 Å². The van der Waals surface area contributed by atoms with Crippen LogP contribution in [-0.4, -0.2) is 11.5 Å². The standard InChI is InChI=1S/C19H19NO2S/c21-18(9-8-14-5-3-12-23-14)20-16-13-19(10-4-11-19)22-17-7-2-1-6-15(16)17/h1-3,5-9,12,16H,4,10-11,13H2,(H,20,21). The quantitative estimate of drug-likeness (QED) is 0.853. The predicted octanol–water partition coefficient (Wildman–Crippen LogP) is 4.32. The van der Waals surface area contributed by atoms with Gasteiger partial charge >= 0.3 is 0 Å². The Balaban J connectivity index is 1.52. The molecule has 1 spiro atoms. The van der Waals surface area contributed by atoms with Crippen LogP contribution in [0.5, 0.6) is 5.75 Å². The Morgan fingerprint density at radius 1 is 1.26 bits per heavy atom. The van der Waals surface area contributed by atoms with Crippen LogP contribution in [0.15, 0.2) is 47.9 Å². The lowest BCUT2D eigenvalue weighted by atomic mass is 9.73. The summed E-state index contributed by atoms with van der Waals surface area (Å²) < 4.78 is 6.22. The molecule has 23 heavy (non-hydrogen) atoms. The van der Waals surface area contributed by atoms with E-state index in [0.29, 0.717) is 0 Å². The van der Waals surface area contributed by atoms with Gasteiger partial charge in [-0.2, -0.15) is 0 Å². The molecule has 1 aliphatic heterocycles. The summed E-state index contributed by atoms with van der Waals surface area (Å²) in [6, 6.07) is 12.1. The van der Waals surface area contributed by atoms with Crippen molar-refractivity contribution in [3.05, 3.63) is 58.3 Å². The van der Waals surface area contributed by atoms with Crippen molar-refractivity contribution in [2.24, 2.45) is 0 Å². The number of para-hydroxylation sites is 1. The number of amides is 1. The highest BCUT2D eigenvalue weighted by Gasteiger charge is 2.45. The Morgan fingerprint density at radius 2 is 2.13 bits per heavy atom. The van der Waals surface area contributed by atoms with Crippen LogP contribution in [0.1, 0.15) is 42.2 Å². The van der Waals surface area contributed by atoms with E-state index in [1.165, 1.54) is 6.42 Å². The third-order valence-corrected chi connectivity index (χ3v) is 5.56. The molecule has 4 rings (SSSR count). The summed E-state index contributed by atoms with van der Waals surface area (Å²) in [6.07, 6.45) is 7.73. The predicted molar refractivity (Wildman–Crippen MR) is 92.5 cm³/mol. The second-order valence-electron chi connectivity index (χ2n) is 6.29. The smallest absolute Gasteiger partial charge is 0.244 e. The number of benzene rings is 1.